The van der Waals surface area contributed by atoms with Crippen molar-refractivity contribution < 1.29 is 9.53 Å². The first-order valence-electron chi connectivity index (χ1n) is 10.6. The number of urea groups is 1. The molecule has 1 unspecified atom stereocenters. The van der Waals surface area contributed by atoms with Gasteiger partial charge in [-0.15, -0.1) is 11.3 Å². The third-order valence-corrected chi connectivity index (χ3v) is 7.63. The van der Waals surface area contributed by atoms with Crippen molar-refractivity contribution >= 4 is 17.4 Å². The second-order valence-electron chi connectivity index (χ2n) is 8.38. The molecule has 0 aromatic carbocycles. The Bertz CT molecular complexity index is 845. The monoisotopic (exact) mass is 415 g/mol. The Morgan fingerprint density at radius 2 is 2.21 bits per heavy atom. The highest BCUT2D eigenvalue weighted by atomic mass is 32.1. The van der Waals surface area contributed by atoms with E-state index in [0.29, 0.717) is 44.2 Å². The molecule has 4 atom stereocenters. The number of rotatable bonds is 4. The summed E-state index contributed by atoms with van der Waals surface area (Å²) in [4.78, 5) is 18.1. The Hall–Kier alpha value is -1.90. The van der Waals surface area contributed by atoms with E-state index in [1.807, 2.05) is 4.90 Å². The van der Waals surface area contributed by atoms with Crippen molar-refractivity contribution in [3.63, 3.8) is 0 Å². The maximum atomic E-state index is 12.4. The fraction of sp³-hybridized carbons (Fsp3) is 0.619. The first kappa shape index (κ1) is 19.1. The lowest BCUT2D eigenvalue weighted by molar-refractivity contribution is 0.0265. The largest absolute Gasteiger partial charge is 0.378 e. The Morgan fingerprint density at radius 3 is 2.93 bits per heavy atom. The number of nitrogens with one attached hydrogen (secondary N) is 1. The summed E-state index contributed by atoms with van der Waals surface area (Å²) >= 11 is 1.74. The van der Waals surface area contributed by atoms with E-state index >= 15 is 0 Å². The number of carbonyl (C=O) groups excluding carboxylic acids is 1. The summed E-state index contributed by atoms with van der Waals surface area (Å²) in [5.74, 6) is 1.19. The molecule has 156 valence electrons. The Labute approximate surface area is 175 Å². The van der Waals surface area contributed by atoms with Crippen LogP contribution in [-0.2, 0) is 11.8 Å². The van der Waals surface area contributed by atoms with Crippen LogP contribution in [0.25, 0.3) is 10.6 Å². The van der Waals surface area contributed by atoms with Gasteiger partial charge in [0, 0.05) is 50.9 Å². The van der Waals surface area contributed by atoms with Gasteiger partial charge in [0.05, 0.1) is 18.1 Å². The van der Waals surface area contributed by atoms with Crippen LogP contribution in [0.1, 0.15) is 24.5 Å². The summed E-state index contributed by atoms with van der Waals surface area (Å²) in [5.41, 5.74) is 2.43. The number of aryl methyl sites for hydroxylation is 1. The van der Waals surface area contributed by atoms with Crippen LogP contribution in [0.2, 0.25) is 0 Å². The molecule has 7 nitrogen and oxygen atoms in total. The molecule has 2 bridgehead atoms. The lowest BCUT2D eigenvalue weighted by Gasteiger charge is -2.50. The number of ether oxygens (including phenoxy) is 1. The Morgan fingerprint density at radius 1 is 1.34 bits per heavy atom. The van der Waals surface area contributed by atoms with E-state index in [0.717, 1.165) is 31.7 Å². The van der Waals surface area contributed by atoms with Gasteiger partial charge in [-0.2, -0.15) is 5.10 Å². The zero-order valence-electron chi connectivity index (χ0n) is 16.9. The van der Waals surface area contributed by atoms with Gasteiger partial charge < -0.3 is 15.0 Å². The van der Waals surface area contributed by atoms with E-state index in [9.17, 15) is 4.79 Å². The summed E-state index contributed by atoms with van der Waals surface area (Å²) in [7, 11) is 2.07. The number of carbonyl (C=O) groups is 1. The SMILES string of the molecule is Cn1nc(-c2cccs2)cc1[C@H]1CN2CC[C@H]1C[C@@H]2CNC(=O)N1CCOCC1. The van der Waals surface area contributed by atoms with Gasteiger partial charge >= 0.3 is 6.03 Å². The minimum Gasteiger partial charge on any atom is -0.378 e. The molecule has 0 radical (unpaired) electrons. The van der Waals surface area contributed by atoms with E-state index in [1.54, 1.807) is 11.3 Å². The van der Waals surface area contributed by atoms with E-state index in [-0.39, 0.29) is 6.03 Å². The zero-order chi connectivity index (χ0) is 19.8. The third kappa shape index (κ3) is 3.81. The van der Waals surface area contributed by atoms with Crippen molar-refractivity contribution in [3.8, 4) is 10.6 Å². The Balaban J connectivity index is 1.22. The second-order valence-corrected chi connectivity index (χ2v) is 9.33. The van der Waals surface area contributed by atoms with Crippen LogP contribution in [0.3, 0.4) is 0 Å². The molecule has 4 aliphatic rings. The van der Waals surface area contributed by atoms with E-state index < -0.39 is 0 Å². The molecule has 4 fully saturated rings. The van der Waals surface area contributed by atoms with Crippen LogP contribution in [0.15, 0.2) is 23.6 Å². The number of thiophene rings is 1. The van der Waals surface area contributed by atoms with Gasteiger partial charge in [0.15, 0.2) is 0 Å². The van der Waals surface area contributed by atoms with E-state index in [4.69, 9.17) is 9.84 Å². The standard InChI is InChI=1S/C21H29N5O2S/c1-24-19(12-18(23-24)20-3-2-10-29-20)17-14-26-5-4-15(17)11-16(26)13-22-21(27)25-6-8-28-9-7-25/h2-3,10,12,15-17H,4-9,11,13-14H2,1H3,(H,22,27)/t15-,16+,17-/m0/s1. The van der Waals surface area contributed by atoms with Crippen molar-refractivity contribution in [2.24, 2.45) is 13.0 Å². The molecule has 6 rings (SSSR count). The minimum absolute atomic E-state index is 0.0553. The fourth-order valence-electron chi connectivity index (χ4n) is 5.14. The molecule has 2 aromatic rings. The number of hydrogen-bond acceptors (Lipinski definition) is 5. The highest BCUT2D eigenvalue weighted by Crippen LogP contribution is 2.42. The van der Waals surface area contributed by atoms with Crippen LogP contribution < -0.4 is 5.32 Å². The molecular formula is C21H29N5O2S. The molecule has 2 aromatic heterocycles. The number of hydrogen-bond donors (Lipinski definition) is 1. The van der Waals surface area contributed by atoms with Crippen LogP contribution in [-0.4, -0.2) is 77.6 Å². The average Bonchev–Trinajstić information content (AvgIpc) is 3.43. The number of amides is 2. The van der Waals surface area contributed by atoms with Crippen LogP contribution in [0, 0.1) is 5.92 Å². The highest BCUT2D eigenvalue weighted by Gasteiger charge is 2.42. The van der Waals surface area contributed by atoms with Gasteiger partial charge in [0.2, 0.25) is 0 Å². The maximum Gasteiger partial charge on any atom is 0.317 e. The zero-order valence-corrected chi connectivity index (χ0v) is 17.7. The molecule has 1 N–H and O–H groups in total. The molecule has 0 aliphatic carbocycles. The summed E-state index contributed by atoms with van der Waals surface area (Å²) in [6, 6.07) is 7.01. The summed E-state index contributed by atoms with van der Waals surface area (Å²) in [6.07, 6.45) is 2.38. The summed E-state index contributed by atoms with van der Waals surface area (Å²) in [6.45, 7) is 5.61. The number of piperidine rings is 3. The molecule has 4 aliphatic heterocycles. The molecule has 0 spiro atoms. The Kier molecular flexibility index (Phi) is 5.32. The molecular weight excluding hydrogens is 386 g/mol. The first-order valence-corrected chi connectivity index (χ1v) is 11.5. The lowest BCUT2D eigenvalue weighted by atomic mass is 9.74. The summed E-state index contributed by atoms with van der Waals surface area (Å²) < 4.78 is 7.42. The topological polar surface area (TPSA) is 62.6 Å². The number of aromatic nitrogens is 2. The van der Waals surface area contributed by atoms with Crippen molar-refractivity contribution in [3.05, 3.63) is 29.3 Å². The van der Waals surface area contributed by atoms with Gasteiger partial charge in [-0.1, -0.05) is 6.07 Å². The van der Waals surface area contributed by atoms with Crippen LogP contribution >= 0.6 is 11.3 Å². The van der Waals surface area contributed by atoms with Crippen molar-refractivity contribution in [2.45, 2.75) is 24.8 Å². The highest BCUT2D eigenvalue weighted by molar-refractivity contribution is 7.13. The van der Waals surface area contributed by atoms with Crippen molar-refractivity contribution in [2.75, 3.05) is 45.9 Å². The van der Waals surface area contributed by atoms with Crippen LogP contribution in [0.5, 0.6) is 0 Å². The predicted octanol–water partition coefficient (Wildman–Crippen LogP) is 2.37. The number of nitrogens with zero attached hydrogens (tertiary/aromatic N) is 4. The molecule has 0 saturated carbocycles. The van der Waals surface area contributed by atoms with E-state index in [1.165, 1.54) is 17.0 Å². The minimum atomic E-state index is 0.0553. The predicted molar refractivity (Wildman–Crippen MR) is 113 cm³/mol. The van der Waals surface area contributed by atoms with Gasteiger partial charge in [0.1, 0.15) is 5.69 Å². The normalized spacial score (nSPS) is 29.2. The van der Waals surface area contributed by atoms with Crippen LogP contribution in [0.4, 0.5) is 4.79 Å². The van der Waals surface area contributed by atoms with Gasteiger partial charge in [-0.05, 0) is 42.8 Å². The lowest BCUT2D eigenvalue weighted by Crippen LogP contribution is -2.57. The molecule has 6 heterocycles. The first-order chi connectivity index (χ1) is 14.2. The van der Waals surface area contributed by atoms with E-state index in [2.05, 4.69) is 45.5 Å². The number of fused-ring (bicyclic) bond motifs is 3. The van der Waals surface area contributed by atoms with Crippen molar-refractivity contribution in [1.82, 2.24) is 24.9 Å². The van der Waals surface area contributed by atoms with Crippen molar-refractivity contribution in [1.29, 1.82) is 0 Å². The smallest absolute Gasteiger partial charge is 0.317 e. The van der Waals surface area contributed by atoms with Gasteiger partial charge in [-0.25, -0.2) is 4.79 Å². The molecule has 29 heavy (non-hydrogen) atoms. The fourth-order valence-corrected chi connectivity index (χ4v) is 5.82. The molecule has 8 heteroatoms. The van der Waals surface area contributed by atoms with Gasteiger partial charge in [0.25, 0.3) is 0 Å². The molecule has 4 saturated heterocycles. The number of morpholine rings is 1. The molecule has 2 amide bonds. The average molecular weight is 416 g/mol. The summed E-state index contributed by atoms with van der Waals surface area (Å²) in [5, 5.41) is 10.1. The second kappa shape index (κ2) is 8.08. The maximum absolute atomic E-state index is 12.4. The third-order valence-electron chi connectivity index (χ3n) is 6.74. The van der Waals surface area contributed by atoms with Gasteiger partial charge in [-0.3, -0.25) is 9.58 Å². The quantitative estimate of drug-likeness (QED) is 0.833.